The highest BCUT2D eigenvalue weighted by Crippen LogP contribution is 2.24. The van der Waals surface area contributed by atoms with Crippen molar-refractivity contribution in [2.75, 3.05) is 0 Å². The highest BCUT2D eigenvalue weighted by atomic mass is 35.5. The molecular weight excluding hydrogens is 422 g/mol. The van der Waals surface area contributed by atoms with Crippen LogP contribution in [-0.4, -0.2) is 14.6 Å². The molecule has 0 bridgehead atoms. The van der Waals surface area contributed by atoms with Crippen LogP contribution in [0.2, 0.25) is 5.02 Å². The molecule has 0 aliphatic carbocycles. The fraction of sp³-hybridized carbons (Fsp3) is 0. The molecule has 0 amide bonds. The Bertz CT molecular complexity index is 1540. The van der Waals surface area contributed by atoms with Crippen LogP contribution in [0.25, 0.3) is 33.6 Å². The van der Waals surface area contributed by atoms with Crippen molar-refractivity contribution in [2.45, 2.75) is 0 Å². The number of furan rings is 1. The molecule has 3 aromatic heterocycles. The van der Waals surface area contributed by atoms with Crippen molar-refractivity contribution in [3.8, 4) is 22.6 Å². The molecule has 8 heteroatoms. The smallest absolute Gasteiger partial charge is 0.300 e. The zero-order valence-corrected chi connectivity index (χ0v) is 16.9. The van der Waals surface area contributed by atoms with E-state index in [-0.39, 0.29) is 16.2 Å². The highest BCUT2D eigenvalue weighted by Gasteiger charge is 2.13. The van der Waals surface area contributed by atoms with E-state index in [9.17, 15) is 9.59 Å². The topological polar surface area (TPSA) is 77.5 Å². The minimum atomic E-state index is -0.475. The molecule has 146 valence electrons. The van der Waals surface area contributed by atoms with Gasteiger partial charge in [-0.1, -0.05) is 53.3 Å². The average Bonchev–Trinajstić information content (AvgIpc) is 3.34. The number of hydrogen-bond donors (Lipinski definition) is 0. The number of rotatable bonds is 3. The van der Waals surface area contributed by atoms with Crippen LogP contribution in [0.15, 0.2) is 80.7 Å². The molecule has 3 heterocycles. The summed E-state index contributed by atoms with van der Waals surface area (Å²) in [5.74, 6) is 1.17. The zero-order valence-electron chi connectivity index (χ0n) is 15.3. The molecule has 0 N–H and O–H groups in total. The summed E-state index contributed by atoms with van der Waals surface area (Å²) in [6, 6.07) is 19.8. The van der Waals surface area contributed by atoms with Crippen LogP contribution in [0.3, 0.4) is 0 Å². The van der Waals surface area contributed by atoms with Gasteiger partial charge in [-0.2, -0.15) is 14.6 Å². The molecular formula is C22H12ClN3O3S. The highest BCUT2D eigenvalue weighted by molar-refractivity contribution is 7.15. The van der Waals surface area contributed by atoms with Crippen molar-refractivity contribution in [3.63, 3.8) is 0 Å². The van der Waals surface area contributed by atoms with Gasteiger partial charge in [0.2, 0.25) is 4.96 Å². The second-order valence-corrected chi connectivity index (χ2v) is 7.90. The summed E-state index contributed by atoms with van der Waals surface area (Å²) in [5, 5.41) is 4.89. The average molecular weight is 434 g/mol. The molecule has 0 unspecified atom stereocenters. The summed E-state index contributed by atoms with van der Waals surface area (Å²) < 4.78 is 7.37. The fourth-order valence-electron chi connectivity index (χ4n) is 3.01. The predicted octanol–water partition coefficient (Wildman–Crippen LogP) is 3.64. The van der Waals surface area contributed by atoms with Gasteiger partial charge in [0.15, 0.2) is 5.69 Å². The van der Waals surface area contributed by atoms with E-state index in [1.807, 2.05) is 24.3 Å². The molecule has 6 nitrogen and oxygen atoms in total. The van der Waals surface area contributed by atoms with E-state index >= 15 is 0 Å². The Hall–Kier alpha value is -3.55. The summed E-state index contributed by atoms with van der Waals surface area (Å²) in [6.45, 7) is 0. The van der Waals surface area contributed by atoms with Crippen LogP contribution in [0, 0.1) is 0 Å². The van der Waals surface area contributed by atoms with Gasteiger partial charge in [-0.05, 0) is 36.4 Å². The number of nitrogens with zero attached hydrogens (tertiary/aromatic N) is 3. The van der Waals surface area contributed by atoms with E-state index in [0.717, 1.165) is 21.4 Å². The summed E-state index contributed by atoms with van der Waals surface area (Å²) >= 11 is 7.01. The Morgan fingerprint density at radius 3 is 2.47 bits per heavy atom. The van der Waals surface area contributed by atoms with E-state index in [4.69, 9.17) is 16.0 Å². The monoisotopic (exact) mass is 433 g/mol. The Morgan fingerprint density at radius 1 is 0.933 bits per heavy atom. The number of halogens is 1. The van der Waals surface area contributed by atoms with Crippen LogP contribution >= 0.6 is 22.9 Å². The van der Waals surface area contributed by atoms with Gasteiger partial charge in [0.25, 0.3) is 5.56 Å². The van der Waals surface area contributed by atoms with E-state index in [1.165, 1.54) is 0 Å². The summed E-state index contributed by atoms with van der Waals surface area (Å²) in [5.41, 5.74) is 0.789. The molecule has 0 fully saturated rings. The normalized spacial score (nSPS) is 12.0. The quantitative estimate of drug-likeness (QED) is 0.434. The standard InChI is InChI=1S/C22H12ClN3O3S/c23-15-8-6-13(7-9-15)17-11-10-16(29-17)12-18-21(28)26-22(30-18)24-20(27)19(25-26)14-4-2-1-3-5-14/h1-12H. The lowest BCUT2D eigenvalue weighted by Gasteiger charge is -1.98. The molecule has 0 saturated carbocycles. The van der Waals surface area contributed by atoms with Gasteiger partial charge in [-0.15, -0.1) is 0 Å². The van der Waals surface area contributed by atoms with Crippen LogP contribution in [0.4, 0.5) is 0 Å². The molecule has 0 aliphatic rings. The van der Waals surface area contributed by atoms with Crippen molar-refractivity contribution in [2.24, 2.45) is 0 Å². The van der Waals surface area contributed by atoms with Gasteiger partial charge in [-0.25, -0.2) is 0 Å². The van der Waals surface area contributed by atoms with Crippen LogP contribution in [-0.2, 0) is 0 Å². The first-order valence-electron chi connectivity index (χ1n) is 8.95. The van der Waals surface area contributed by atoms with Gasteiger partial charge in [0.05, 0.1) is 0 Å². The lowest BCUT2D eigenvalue weighted by atomic mass is 10.2. The molecule has 30 heavy (non-hydrogen) atoms. The number of fused-ring (bicyclic) bond motifs is 1. The fourth-order valence-corrected chi connectivity index (χ4v) is 4.03. The number of benzene rings is 2. The molecule has 0 saturated heterocycles. The van der Waals surface area contributed by atoms with Crippen LogP contribution < -0.4 is 15.7 Å². The zero-order chi connectivity index (χ0) is 20.7. The summed E-state index contributed by atoms with van der Waals surface area (Å²) in [6.07, 6.45) is 1.62. The molecule has 5 rings (SSSR count). The first-order chi connectivity index (χ1) is 14.6. The largest absolute Gasteiger partial charge is 0.457 e. The van der Waals surface area contributed by atoms with Gasteiger partial charge in [-0.3, -0.25) is 9.59 Å². The first kappa shape index (κ1) is 18.5. The van der Waals surface area contributed by atoms with Crippen LogP contribution in [0.5, 0.6) is 0 Å². The first-order valence-corrected chi connectivity index (χ1v) is 10.1. The van der Waals surface area contributed by atoms with Gasteiger partial charge in [0, 0.05) is 22.2 Å². The minimum Gasteiger partial charge on any atom is -0.457 e. The van der Waals surface area contributed by atoms with E-state index in [0.29, 0.717) is 26.6 Å². The SMILES string of the molecule is O=c1nc2sc(=Cc3ccc(-c4ccc(Cl)cc4)o3)c(=O)n2nc1-c1ccccc1. The number of hydrogen-bond acceptors (Lipinski definition) is 6. The Kier molecular flexibility index (Phi) is 4.54. The number of thiazole rings is 1. The third-order valence-electron chi connectivity index (χ3n) is 4.46. The third-order valence-corrected chi connectivity index (χ3v) is 5.67. The second-order valence-electron chi connectivity index (χ2n) is 6.45. The summed E-state index contributed by atoms with van der Waals surface area (Å²) in [4.78, 5) is 29.5. The van der Waals surface area contributed by atoms with E-state index in [2.05, 4.69) is 10.1 Å². The Balaban J connectivity index is 1.59. The van der Waals surface area contributed by atoms with Crippen molar-refractivity contribution < 1.29 is 4.42 Å². The van der Waals surface area contributed by atoms with Crippen molar-refractivity contribution in [1.29, 1.82) is 0 Å². The number of aromatic nitrogens is 3. The molecule has 5 aromatic rings. The maximum atomic E-state index is 12.8. The molecule has 0 radical (unpaired) electrons. The van der Waals surface area contributed by atoms with Gasteiger partial charge >= 0.3 is 5.56 Å². The molecule has 0 spiro atoms. The lowest BCUT2D eigenvalue weighted by molar-refractivity contribution is 0.571. The van der Waals surface area contributed by atoms with E-state index in [1.54, 1.807) is 48.5 Å². The minimum absolute atomic E-state index is 0.137. The molecule has 0 atom stereocenters. The maximum Gasteiger partial charge on any atom is 0.300 e. The summed E-state index contributed by atoms with van der Waals surface area (Å²) in [7, 11) is 0. The third kappa shape index (κ3) is 3.34. The Labute approximate surface area is 178 Å². The predicted molar refractivity (Wildman–Crippen MR) is 117 cm³/mol. The maximum absolute atomic E-state index is 12.8. The van der Waals surface area contributed by atoms with Crippen molar-refractivity contribution >= 4 is 34.0 Å². The van der Waals surface area contributed by atoms with E-state index < -0.39 is 5.56 Å². The Morgan fingerprint density at radius 2 is 1.70 bits per heavy atom. The molecule has 0 aliphatic heterocycles. The second kappa shape index (κ2) is 7.37. The molecule has 2 aromatic carbocycles. The van der Waals surface area contributed by atoms with Crippen molar-refractivity contribution in [3.05, 3.63) is 103 Å². The van der Waals surface area contributed by atoms with Gasteiger partial charge < -0.3 is 4.42 Å². The lowest BCUT2D eigenvalue weighted by Crippen LogP contribution is -2.26. The van der Waals surface area contributed by atoms with Crippen LogP contribution in [0.1, 0.15) is 5.76 Å². The van der Waals surface area contributed by atoms with Crippen molar-refractivity contribution in [1.82, 2.24) is 14.6 Å². The van der Waals surface area contributed by atoms with Gasteiger partial charge in [0.1, 0.15) is 16.1 Å².